The fourth-order valence-corrected chi connectivity index (χ4v) is 2.16. The van der Waals surface area contributed by atoms with Crippen LogP contribution >= 0.6 is 0 Å². The number of rotatable bonds is 6. The number of nitrogens with zero attached hydrogens (tertiary/aromatic N) is 1. The van der Waals surface area contributed by atoms with Crippen LogP contribution in [-0.2, 0) is 4.79 Å². The normalized spacial score (nSPS) is 12.4. The molecule has 0 spiro atoms. The van der Waals surface area contributed by atoms with E-state index in [0.29, 0.717) is 13.2 Å². The van der Waals surface area contributed by atoms with Crippen LogP contribution in [0, 0.1) is 0 Å². The standard InChI is InChI=1S/C16H24N2O4/c1-12(18(15(20)21)16(2,3)4)14(19)17-10-11-22-13-8-6-5-7-9-13/h5-9,12H,10-11H2,1-4H3,(H,17,19)(H,20,21). The van der Waals surface area contributed by atoms with Crippen molar-refractivity contribution >= 4 is 12.0 Å². The third-order valence-corrected chi connectivity index (χ3v) is 3.11. The summed E-state index contributed by atoms with van der Waals surface area (Å²) in [5.74, 6) is 0.389. The first-order valence-corrected chi connectivity index (χ1v) is 7.21. The van der Waals surface area contributed by atoms with Gasteiger partial charge >= 0.3 is 6.09 Å². The maximum absolute atomic E-state index is 12.1. The van der Waals surface area contributed by atoms with Crippen molar-refractivity contribution < 1.29 is 19.4 Å². The van der Waals surface area contributed by atoms with E-state index in [1.807, 2.05) is 30.3 Å². The second-order valence-electron chi connectivity index (χ2n) is 5.95. The van der Waals surface area contributed by atoms with Gasteiger partial charge in [-0.1, -0.05) is 18.2 Å². The zero-order chi connectivity index (χ0) is 16.8. The molecule has 0 aliphatic heterocycles. The van der Waals surface area contributed by atoms with E-state index < -0.39 is 17.7 Å². The second-order valence-corrected chi connectivity index (χ2v) is 5.95. The number of amides is 2. The van der Waals surface area contributed by atoms with E-state index in [9.17, 15) is 14.7 Å². The Morgan fingerprint density at radius 3 is 2.36 bits per heavy atom. The van der Waals surface area contributed by atoms with Crippen molar-refractivity contribution in [2.24, 2.45) is 0 Å². The van der Waals surface area contributed by atoms with Gasteiger partial charge in [-0.05, 0) is 39.8 Å². The largest absolute Gasteiger partial charge is 0.492 e. The quantitative estimate of drug-likeness (QED) is 0.791. The minimum absolute atomic E-state index is 0.315. The summed E-state index contributed by atoms with van der Waals surface area (Å²) in [4.78, 5) is 24.5. The topological polar surface area (TPSA) is 78.9 Å². The minimum Gasteiger partial charge on any atom is -0.492 e. The Balaban J connectivity index is 2.45. The Kier molecular flexibility index (Phi) is 6.22. The number of para-hydroxylation sites is 1. The molecular weight excluding hydrogens is 284 g/mol. The number of nitrogens with one attached hydrogen (secondary N) is 1. The molecule has 6 nitrogen and oxygen atoms in total. The van der Waals surface area contributed by atoms with Gasteiger partial charge in [0, 0.05) is 5.54 Å². The highest BCUT2D eigenvalue weighted by molar-refractivity contribution is 5.85. The molecule has 0 bridgehead atoms. The molecule has 0 heterocycles. The van der Waals surface area contributed by atoms with Gasteiger partial charge < -0.3 is 15.2 Å². The van der Waals surface area contributed by atoms with E-state index in [1.165, 1.54) is 0 Å². The molecule has 1 atom stereocenters. The van der Waals surface area contributed by atoms with Gasteiger partial charge in [0.1, 0.15) is 18.4 Å². The summed E-state index contributed by atoms with van der Waals surface area (Å²) in [6, 6.07) is 8.51. The number of benzene rings is 1. The summed E-state index contributed by atoms with van der Waals surface area (Å²) in [5.41, 5.74) is -0.650. The average molecular weight is 308 g/mol. The van der Waals surface area contributed by atoms with E-state index in [1.54, 1.807) is 27.7 Å². The van der Waals surface area contributed by atoms with Gasteiger partial charge in [0.05, 0.1) is 6.54 Å². The van der Waals surface area contributed by atoms with Gasteiger partial charge in [-0.25, -0.2) is 4.79 Å². The van der Waals surface area contributed by atoms with Crippen LogP contribution in [0.4, 0.5) is 4.79 Å². The first-order chi connectivity index (χ1) is 10.2. The van der Waals surface area contributed by atoms with Gasteiger partial charge in [-0.15, -0.1) is 0 Å². The molecule has 1 rings (SSSR count). The molecule has 0 aliphatic carbocycles. The van der Waals surface area contributed by atoms with Crippen LogP contribution < -0.4 is 10.1 Å². The molecule has 0 aromatic heterocycles. The van der Waals surface area contributed by atoms with Gasteiger partial charge in [-0.3, -0.25) is 9.69 Å². The molecule has 2 amide bonds. The van der Waals surface area contributed by atoms with Crippen molar-refractivity contribution in [2.75, 3.05) is 13.2 Å². The summed E-state index contributed by atoms with van der Waals surface area (Å²) in [6.45, 7) is 7.48. The SMILES string of the molecule is CC(C(=O)NCCOc1ccccc1)N(C(=O)O)C(C)(C)C. The number of carboxylic acid groups (broad SMARTS) is 1. The van der Waals surface area contributed by atoms with Crippen LogP contribution in [0.2, 0.25) is 0 Å². The number of hydrogen-bond acceptors (Lipinski definition) is 3. The molecule has 0 saturated heterocycles. The predicted octanol–water partition coefficient (Wildman–Crippen LogP) is 2.35. The Hall–Kier alpha value is -2.24. The Bertz CT molecular complexity index is 497. The molecule has 122 valence electrons. The number of ether oxygens (including phenoxy) is 1. The fraction of sp³-hybridized carbons (Fsp3) is 0.500. The monoisotopic (exact) mass is 308 g/mol. The van der Waals surface area contributed by atoms with Crippen molar-refractivity contribution in [1.82, 2.24) is 10.2 Å². The summed E-state index contributed by atoms with van der Waals surface area (Å²) < 4.78 is 5.47. The first kappa shape index (κ1) is 17.8. The van der Waals surface area contributed by atoms with Gasteiger partial charge in [0.15, 0.2) is 0 Å². The Morgan fingerprint density at radius 1 is 1.27 bits per heavy atom. The third-order valence-electron chi connectivity index (χ3n) is 3.11. The van der Waals surface area contributed by atoms with E-state index in [-0.39, 0.29) is 5.91 Å². The van der Waals surface area contributed by atoms with Gasteiger partial charge in [0.2, 0.25) is 5.91 Å². The number of carbonyl (C=O) groups is 2. The number of hydrogen-bond donors (Lipinski definition) is 2. The van der Waals surface area contributed by atoms with Crippen LogP contribution in [0.3, 0.4) is 0 Å². The molecule has 1 unspecified atom stereocenters. The van der Waals surface area contributed by atoms with Crippen LogP contribution in [0.15, 0.2) is 30.3 Å². The third kappa shape index (κ3) is 5.27. The highest BCUT2D eigenvalue weighted by atomic mass is 16.5. The molecule has 0 aliphatic rings. The van der Waals surface area contributed by atoms with E-state index >= 15 is 0 Å². The lowest BCUT2D eigenvalue weighted by molar-refractivity contribution is -0.127. The van der Waals surface area contributed by atoms with Crippen molar-refractivity contribution in [3.63, 3.8) is 0 Å². The van der Waals surface area contributed by atoms with Crippen LogP contribution in [0.1, 0.15) is 27.7 Å². The minimum atomic E-state index is -1.12. The second kappa shape index (κ2) is 7.68. The van der Waals surface area contributed by atoms with Crippen LogP contribution in [0.5, 0.6) is 5.75 Å². The molecule has 1 aromatic carbocycles. The summed E-state index contributed by atoms with van der Waals surface area (Å²) in [6.07, 6.45) is -1.12. The highest BCUT2D eigenvalue weighted by Gasteiger charge is 2.34. The summed E-state index contributed by atoms with van der Waals surface area (Å²) in [5, 5.41) is 12.0. The van der Waals surface area contributed by atoms with Crippen molar-refractivity contribution in [3.8, 4) is 5.75 Å². The summed E-state index contributed by atoms with van der Waals surface area (Å²) >= 11 is 0. The van der Waals surface area contributed by atoms with Gasteiger partial charge in [0.25, 0.3) is 0 Å². The van der Waals surface area contributed by atoms with Crippen molar-refractivity contribution in [3.05, 3.63) is 30.3 Å². The Labute approximate surface area is 131 Å². The van der Waals surface area contributed by atoms with Crippen LogP contribution in [-0.4, -0.2) is 46.7 Å². The predicted molar refractivity (Wildman–Crippen MR) is 84.0 cm³/mol. The molecule has 2 N–H and O–H groups in total. The van der Waals surface area contributed by atoms with Crippen LogP contribution in [0.25, 0.3) is 0 Å². The smallest absolute Gasteiger partial charge is 0.408 e. The fourth-order valence-electron chi connectivity index (χ4n) is 2.16. The van der Waals surface area contributed by atoms with Crippen molar-refractivity contribution in [2.45, 2.75) is 39.3 Å². The van der Waals surface area contributed by atoms with Crippen molar-refractivity contribution in [1.29, 1.82) is 0 Å². The molecule has 6 heteroatoms. The lowest BCUT2D eigenvalue weighted by Crippen LogP contribution is -2.55. The lowest BCUT2D eigenvalue weighted by atomic mass is 10.0. The molecular formula is C16H24N2O4. The van der Waals surface area contributed by atoms with E-state index in [2.05, 4.69) is 5.32 Å². The zero-order valence-electron chi connectivity index (χ0n) is 13.5. The lowest BCUT2D eigenvalue weighted by Gasteiger charge is -2.37. The summed E-state index contributed by atoms with van der Waals surface area (Å²) in [7, 11) is 0. The molecule has 0 fully saturated rings. The maximum atomic E-state index is 12.1. The molecule has 0 radical (unpaired) electrons. The average Bonchev–Trinajstić information content (AvgIpc) is 2.42. The number of carbonyl (C=O) groups excluding carboxylic acids is 1. The Morgan fingerprint density at radius 2 is 1.86 bits per heavy atom. The van der Waals surface area contributed by atoms with Gasteiger partial charge in [-0.2, -0.15) is 0 Å². The molecule has 1 aromatic rings. The zero-order valence-corrected chi connectivity index (χ0v) is 13.5. The highest BCUT2D eigenvalue weighted by Crippen LogP contribution is 2.17. The first-order valence-electron chi connectivity index (χ1n) is 7.21. The molecule has 0 saturated carbocycles. The molecule has 22 heavy (non-hydrogen) atoms. The van der Waals surface area contributed by atoms with E-state index in [0.717, 1.165) is 10.6 Å². The van der Waals surface area contributed by atoms with E-state index in [4.69, 9.17) is 4.74 Å². The maximum Gasteiger partial charge on any atom is 0.408 e.